The van der Waals surface area contributed by atoms with E-state index in [2.05, 4.69) is 46.8 Å². The monoisotopic (exact) mass is 422 g/mol. The Kier molecular flexibility index (Phi) is 6.72. The summed E-state index contributed by atoms with van der Waals surface area (Å²) >= 11 is 0. The van der Waals surface area contributed by atoms with Crippen LogP contribution in [0.2, 0.25) is 0 Å². The summed E-state index contributed by atoms with van der Waals surface area (Å²) in [7, 11) is 1.70. The molecule has 0 saturated carbocycles. The maximum Gasteiger partial charge on any atom is 0.246 e. The molecule has 164 valence electrons. The van der Waals surface area contributed by atoms with E-state index in [1.807, 2.05) is 23.1 Å². The molecule has 0 spiro atoms. The van der Waals surface area contributed by atoms with Gasteiger partial charge in [-0.25, -0.2) is 0 Å². The number of guanidine groups is 1. The summed E-state index contributed by atoms with van der Waals surface area (Å²) < 4.78 is 11.6. The average molecular weight is 423 g/mol. The third kappa shape index (κ3) is 5.17. The zero-order chi connectivity index (χ0) is 21.6. The van der Waals surface area contributed by atoms with Crippen molar-refractivity contribution in [3.63, 3.8) is 0 Å². The summed E-state index contributed by atoms with van der Waals surface area (Å²) in [4.78, 5) is 18.8. The predicted octanol–water partition coefficient (Wildman–Crippen LogP) is 2.42. The summed E-state index contributed by atoms with van der Waals surface area (Å²) in [5, 5.41) is 6.43. The highest BCUT2D eigenvalue weighted by Gasteiger charge is 2.24. The van der Waals surface area contributed by atoms with Gasteiger partial charge in [-0.05, 0) is 36.6 Å². The Bertz CT molecular complexity index is 954. The number of fused-ring (bicyclic) bond motifs is 1. The van der Waals surface area contributed by atoms with E-state index in [9.17, 15) is 4.79 Å². The van der Waals surface area contributed by atoms with Crippen molar-refractivity contribution in [2.24, 2.45) is 4.99 Å². The number of hydrogen-bond acceptors (Lipinski definition) is 4. The minimum Gasteiger partial charge on any atom is -0.488 e. The van der Waals surface area contributed by atoms with Gasteiger partial charge in [-0.2, -0.15) is 0 Å². The topological polar surface area (TPSA) is 75.2 Å². The van der Waals surface area contributed by atoms with Crippen LogP contribution in [0.4, 0.5) is 5.69 Å². The Morgan fingerprint density at radius 1 is 1.26 bits per heavy atom. The highest BCUT2D eigenvalue weighted by atomic mass is 16.5. The Morgan fingerprint density at radius 3 is 2.94 bits per heavy atom. The van der Waals surface area contributed by atoms with Crippen LogP contribution in [0.1, 0.15) is 23.1 Å². The number of hydrogen-bond donors (Lipinski definition) is 2. The van der Waals surface area contributed by atoms with E-state index in [1.54, 1.807) is 7.05 Å². The molecule has 7 heteroatoms. The lowest BCUT2D eigenvalue weighted by atomic mass is 10.1. The molecule has 2 aliphatic rings. The molecule has 1 unspecified atom stereocenters. The number of anilines is 1. The van der Waals surface area contributed by atoms with Crippen LogP contribution in [0, 0.1) is 6.92 Å². The third-order valence-corrected chi connectivity index (χ3v) is 5.67. The van der Waals surface area contributed by atoms with E-state index in [0.29, 0.717) is 19.1 Å². The fourth-order valence-corrected chi connectivity index (χ4v) is 3.95. The Balaban J connectivity index is 1.32. The molecule has 1 saturated heterocycles. The number of para-hydroxylation sites is 1. The van der Waals surface area contributed by atoms with Crippen LogP contribution in [0.15, 0.2) is 47.5 Å². The van der Waals surface area contributed by atoms with Gasteiger partial charge in [0.05, 0.1) is 19.8 Å². The van der Waals surface area contributed by atoms with Crippen molar-refractivity contribution in [3.8, 4) is 5.75 Å². The fraction of sp³-hybridized carbons (Fsp3) is 0.417. The van der Waals surface area contributed by atoms with Gasteiger partial charge in [0.15, 0.2) is 5.96 Å². The number of carbonyl (C=O) groups excluding carboxylic acids is 1. The number of amides is 1. The molecule has 0 aliphatic carbocycles. The SMILES string of the molecule is CN=C(NCC(=O)N1CCc2ccccc21)NCc1ccc(C)cc1OC1CCOC1. The van der Waals surface area contributed by atoms with Crippen molar-refractivity contribution in [1.29, 1.82) is 0 Å². The molecule has 7 nitrogen and oxygen atoms in total. The first-order chi connectivity index (χ1) is 15.1. The van der Waals surface area contributed by atoms with Gasteiger partial charge >= 0.3 is 0 Å². The second-order valence-corrected chi connectivity index (χ2v) is 7.92. The van der Waals surface area contributed by atoms with Crippen LogP contribution in [-0.4, -0.2) is 51.3 Å². The van der Waals surface area contributed by atoms with Gasteiger partial charge in [-0.1, -0.05) is 30.3 Å². The quantitative estimate of drug-likeness (QED) is 0.552. The van der Waals surface area contributed by atoms with E-state index < -0.39 is 0 Å². The molecule has 1 fully saturated rings. The molecular weight excluding hydrogens is 392 g/mol. The number of aliphatic imine (C=N–C) groups is 1. The zero-order valence-electron chi connectivity index (χ0n) is 18.2. The molecule has 1 atom stereocenters. The van der Waals surface area contributed by atoms with Crippen molar-refractivity contribution in [1.82, 2.24) is 10.6 Å². The molecule has 2 heterocycles. The Labute approximate surface area is 183 Å². The van der Waals surface area contributed by atoms with Gasteiger partial charge < -0.3 is 25.0 Å². The van der Waals surface area contributed by atoms with Crippen molar-refractivity contribution < 1.29 is 14.3 Å². The molecule has 2 N–H and O–H groups in total. The summed E-state index contributed by atoms with van der Waals surface area (Å²) in [6.07, 6.45) is 1.90. The van der Waals surface area contributed by atoms with Gasteiger partial charge in [0.2, 0.25) is 5.91 Å². The highest BCUT2D eigenvalue weighted by Crippen LogP contribution is 2.27. The molecule has 0 radical (unpaired) electrons. The summed E-state index contributed by atoms with van der Waals surface area (Å²) in [6, 6.07) is 14.3. The first-order valence-corrected chi connectivity index (χ1v) is 10.8. The average Bonchev–Trinajstić information content (AvgIpc) is 3.44. The predicted molar refractivity (Wildman–Crippen MR) is 122 cm³/mol. The Hall–Kier alpha value is -3.06. The number of ether oxygens (including phenoxy) is 2. The van der Waals surface area contributed by atoms with Gasteiger partial charge in [-0.3, -0.25) is 9.79 Å². The lowest BCUT2D eigenvalue weighted by molar-refractivity contribution is -0.117. The first-order valence-electron chi connectivity index (χ1n) is 10.8. The summed E-state index contributed by atoms with van der Waals surface area (Å²) in [5.41, 5.74) is 4.42. The number of benzene rings is 2. The second-order valence-electron chi connectivity index (χ2n) is 7.92. The van der Waals surface area contributed by atoms with Crippen LogP contribution in [0.5, 0.6) is 5.75 Å². The Morgan fingerprint density at radius 2 is 2.13 bits per heavy atom. The maximum absolute atomic E-state index is 12.7. The van der Waals surface area contributed by atoms with Crippen LogP contribution in [0.3, 0.4) is 0 Å². The molecule has 0 bridgehead atoms. The smallest absolute Gasteiger partial charge is 0.246 e. The molecule has 1 amide bonds. The van der Waals surface area contributed by atoms with Crippen LogP contribution in [-0.2, 0) is 22.5 Å². The van der Waals surface area contributed by atoms with E-state index in [-0.39, 0.29) is 18.6 Å². The first kappa shape index (κ1) is 21.2. The van der Waals surface area contributed by atoms with Crippen molar-refractivity contribution in [3.05, 3.63) is 59.2 Å². The normalized spacial score (nSPS) is 18.1. The van der Waals surface area contributed by atoms with Gasteiger partial charge in [0.25, 0.3) is 0 Å². The minimum absolute atomic E-state index is 0.0356. The van der Waals surface area contributed by atoms with Crippen molar-refractivity contribution >= 4 is 17.6 Å². The number of carbonyl (C=O) groups is 1. The molecule has 4 rings (SSSR count). The van der Waals surface area contributed by atoms with Crippen molar-refractivity contribution in [2.75, 3.05) is 38.3 Å². The molecule has 2 aliphatic heterocycles. The highest BCUT2D eigenvalue weighted by molar-refractivity contribution is 5.98. The van der Waals surface area contributed by atoms with E-state index >= 15 is 0 Å². The number of aryl methyl sites for hydroxylation is 1. The molecule has 2 aromatic rings. The molecule has 2 aromatic carbocycles. The molecular formula is C24H30N4O3. The largest absolute Gasteiger partial charge is 0.488 e. The van der Waals surface area contributed by atoms with Gasteiger partial charge in [-0.15, -0.1) is 0 Å². The van der Waals surface area contributed by atoms with Crippen LogP contribution in [0.25, 0.3) is 0 Å². The van der Waals surface area contributed by atoms with E-state index in [1.165, 1.54) is 5.56 Å². The van der Waals surface area contributed by atoms with Crippen LogP contribution < -0.4 is 20.3 Å². The standard InChI is InChI=1S/C24H30N4O3/c1-17-7-8-19(22(13-17)31-20-10-12-30-16-20)14-26-24(25-2)27-15-23(29)28-11-9-18-5-3-4-6-21(18)28/h3-8,13,20H,9-12,14-16H2,1-2H3,(H2,25,26,27). The fourth-order valence-electron chi connectivity index (χ4n) is 3.95. The lowest BCUT2D eigenvalue weighted by Gasteiger charge is -2.20. The lowest BCUT2D eigenvalue weighted by Crippen LogP contribution is -2.44. The minimum atomic E-state index is 0.0356. The third-order valence-electron chi connectivity index (χ3n) is 5.67. The maximum atomic E-state index is 12.7. The number of rotatable bonds is 6. The van der Waals surface area contributed by atoms with Gasteiger partial charge in [0, 0.05) is 37.8 Å². The second kappa shape index (κ2) is 9.83. The number of nitrogens with zero attached hydrogens (tertiary/aromatic N) is 2. The van der Waals surface area contributed by atoms with E-state index in [4.69, 9.17) is 9.47 Å². The van der Waals surface area contributed by atoms with Crippen LogP contribution >= 0.6 is 0 Å². The summed E-state index contributed by atoms with van der Waals surface area (Å²) in [5.74, 6) is 1.48. The number of nitrogens with one attached hydrogen (secondary N) is 2. The van der Waals surface area contributed by atoms with Gasteiger partial charge in [0.1, 0.15) is 11.9 Å². The zero-order valence-corrected chi connectivity index (χ0v) is 18.2. The molecule has 0 aromatic heterocycles. The summed E-state index contributed by atoms with van der Waals surface area (Å²) in [6.45, 7) is 4.88. The van der Waals surface area contributed by atoms with E-state index in [0.717, 1.165) is 48.6 Å². The molecule has 31 heavy (non-hydrogen) atoms. The van der Waals surface area contributed by atoms with Crippen molar-refractivity contribution in [2.45, 2.75) is 32.4 Å².